The Balaban J connectivity index is 1.83. The first kappa shape index (κ1) is 22.0. The second kappa shape index (κ2) is 9.84. The molecule has 7 nitrogen and oxygen atoms in total. The molecule has 7 heteroatoms. The second-order valence-corrected chi connectivity index (χ2v) is 7.09. The van der Waals surface area contributed by atoms with E-state index in [0.717, 1.165) is 11.3 Å². The average molecular weight is 423 g/mol. The van der Waals surface area contributed by atoms with Gasteiger partial charge in [-0.1, -0.05) is 24.3 Å². The van der Waals surface area contributed by atoms with E-state index in [-0.39, 0.29) is 18.1 Å². The van der Waals surface area contributed by atoms with E-state index in [4.69, 9.17) is 13.9 Å². The molecule has 1 heterocycles. The van der Waals surface area contributed by atoms with Crippen LogP contribution in [0, 0.1) is 6.92 Å². The molecule has 3 aromatic rings. The van der Waals surface area contributed by atoms with Crippen molar-refractivity contribution in [2.45, 2.75) is 25.8 Å². The molecule has 0 spiro atoms. The average Bonchev–Trinajstić information content (AvgIpc) is 2.79. The predicted octanol–water partition coefficient (Wildman–Crippen LogP) is 3.51. The maximum atomic E-state index is 12.7. The third kappa shape index (κ3) is 5.45. The fourth-order valence-corrected chi connectivity index (χ4v) is 3.26. The second-order valence-electron chi connectivity index (χ2n) is 7.09. The van der Waals surface area contributed by atoms with Gasteiger partial charge in [-0.2, -0.15) is 0 Å². The van der Waals surface area contributed by atoms with Crippen LogP contribution in [0.15, 0.2) is 63.8 Å². The third-order valence-electron chi connectivity index (χ3n) is 4.95. The van der Waals surface area contributed by atoms with Gasteiger partial charge in [0.05, 0.1) is 20.1 Å². The van der Waals surface area contributed by atoms with E-state index in [1.54, 1.807) is 45.4 Å². The van der Waals surface area contributed by atoms with E-state index >= 15 is 0 Å². The summed E-state index contributed by atoms with van der Waals surface area (Å²) in [5.41, 5.74) is 1.08. The summed E-state index contributed by atoms with van der Waals surface area (Å²) in [4.78, 5) is 24.8. The van der Waals surface area contributed by atoms with Crippen LogP contribution in [0.3, 0.4) is 0 Å². The number of aromatic hydroxyl groups is 1. The van der Waals surface area contributed by atoms with Crippen LogP contribution in [0.4, 0.5) is 0 Å². The van der Waals surface area contributed by atoms with Crippen molar-refractivity contribution in [3.8, 4) is 17.2 Å². The largest absolute Gasteiger partial charge is 0.502 e. The zero-order chi connectivity index (χ0) is 22.4. The molecule has 0 bridgehead atoms. The molecule has 1 unspecified atom stereocenters. The van der Waals surface area contributed by atoms with Crippen LogP contribution >= 0.6 is 0 Å². The van der Waals surface area contributed by atoms with Crippen LogP contribution in [-0.2, 0) is 11.3 Å². The van der Waals surface area contributed by atoms with Crippen molar-refractivity contribution in [2.24, 2.45) is 0 Å². The fraction of sp³-hybridized carbons (Fsp3) is 0.250. The van der Waals surface area contributed by atoms with Crippen LogP contribution in [0.2, 0.25) is 0 Å². The number of carbonyl (C=O) groups is 1. The van der Waals surface area contributed by atoms with Crippen molar-refractivity contribution in [3.63, 3.8) is 0 Å². The first-order valence-corrected chi connectivity index (χ1v) is 9.78. The maximum Gasteiger partial charge on any atom is 0.227 e. The number of amides is 1. The van der Waals surface area contributed by atoms with E-state index in [1.165, 1.54) is 6.07 Å². The first-order chi connectivity index (χ1) is 14.9. The number of methoxy groups -OCH3 is 2. The van der Waals surface area contributed by atoms with Crippen molar-refractivity contribution in [2.75, 3.05) is 14.2 Å². The Labute approximate surface area is 180 Å². The highest BCUT2D eigenvalue weighted by molar-refractivity contribution is 5.77. The van der Waals surface area contributed by atoms with Gasteiger partial charge in [-0.25, -0.2) is 0 Å². The lowest BCUT2D eigenvalue weighted by Crippen LogP contribution is -2.25. The number of hydrogen-bond donors (Lipinski definition) is 2. The molecule has 0 aliphatic carbocycles. The van der Waals surface area contributed by atoms with Gasteiger partial charge < -0.3 is 24.3 Å². The van der Waals surface area contributed by atoms with Gasteiger partial charge in [-0.3, -0.25) is 9.59 Å². The summed E-state index contributed by atoms with van der Waals surface area (Å²) >= 11 is 0. The summed E-state index contributed by atoms with van der Waals surface area (Å²) in [7, 11) is 3.15. The smallest absolute Gasteiger partial charge is 0.227 e. The summed E-state index contributed by atoms with van der Waals surface area (Å²) in [6.45, 7) is 1.96. The number of carbonyl (C=O) groups excluding carboxylic acids is 1. The normalized spacial score (nSPS) is 11.6. The van der Waals surface area contributed by atoms with E-state index in [2.05, 4.69) is 5.32 Å². The zero-order valence-electron chi connectivity index (χ0n) is 17.7. The zero-order valence-corrected chi connectivity index (χ0v) is 17.7. The number of nitrogens with one attached hydrogen (secondary N) is 1. The van der Waals surface area contributed by atoms with E-state index < -0.39 is 17.1 Å². The van der Waals surface area contributed by atoms with E-state index in [9.17, 15) is 14.7 Å². The molecule has 3 rings (SSSR count). The highest BCUT2D eigenvalue weighted by atomic mass is 16.5. The fourth-order valence-electron chi connectivity index (χ4n) is 3.26. The number of hydrogen-bond acceptors (Lipinski definition) is 6. The van der Waals surface area contributed by atoms with Crippen molar-refractivity contribution in [3.05, 3.63) is 87.5 Å². The molecule has 1 amide bonds. The molecule has 2 N–H and O–H groups in total. The van der Waals surface area contributed by atoms with Gasteiger partial charge in [-0.05, 0) is 42.3 Å². The number of aryl methyl sites for hydroxylation is 1. The molecular weight excluding hydrogens is 398 g/mol. The molecule has 0 fully saturated rings. The summed E-state index contributed by atoms with van der Waals surface area (Å²) in [5, 5.41) is 13.2. The molecule has 0 aliphatic rings. The van der Waals surface area contributed by atoms with Crippen LogP contribution in [0.5, 0.6) is 17.2 Å². The summed E-state index contributed by atoms with van der Waals surface area (Å²) in [5.74, 6) is 0.426. The Morgan fingerprint density at radius 3 is 2.19 bits per heavy atom. The van der Waals surface area contributed by atoms with Gasteiger partial charge in [0.25, 0.3) is 0 Å². The highest BCUT2D eigenvalue weighted by Gasteiger charge is 2.25. The van der Waals surface area contributed by atoms with E-state index in [0.29, 0.717) is 23.6 Å². The molecular formula is C24H25NO6. The number of benzene rings is 2. The Bertz CT molecular complexity index is 1090. The lowest BCUT2D eigenvalue weighted by atomic mass is 9.91. The van der Waals surface area contributed by atoms with Gasteiger partial charge in [0.2, 0.25) is 17.1 Å². The molecule has 0 radical (unpaired) electrons. The minimum absolute atomic E-state index is 0.0115. The van der Waals surface area contributed by atoms with Crippen LogP contribution in [0.1, 0.15) is 35.0 Å². The SMILES string of the molecule is COc1ccc(CNC(=O)CC(c2ccc(OC)cc2)c2oc(C)cc(=O)c2O)cc1. The molecule has 0 saturated carbocycles. The van der Waals surface area contributed by atoms with Gasteiger partial charge in [0, 0.05) is 19.0 Å². The summed E-state index contributed by atoms with van der Waals surface area (Å²) < 4.78 is 16.0. The molecule has 0 saturated heterocycles. The van der Waals surface area contributed by atoms with Crippen molar-refractivity contribution >= 4 is 5.91 Å². The Morgan fingerprint density at radius 1 is 1.03 bits per heavy atom. The minimum Gasteiger partial charge on any atom is -0.502 e. The lowest BCUT2D eigenvalue weighted by Gasteiger charge is -2.18. The van der Waals surface area contributed by atoms with Gasteiger partial charge in [0.15, 0.2) is 5.76 Å². The lowest BCUT2D eigenvalue weighted by molar-refractivity contribution is -0.121. The van der Waals surface area contributed by atoms with Crippen molar-refractivity contribution in [1.82, 2.24) is 5.32 Å². The number of ether oxygens (including phenoxy) is 2. The Morgan fingerprint density at radius 2 is 1.61 bits per heavy atom. The topological polar surface area (TPSA) is 98.0 Å². The van der Waals surface area contributed by atoms with Gasteiger partial charge in [0.1, 0.15) is 17.3 Å². The van der Waals surface area contributed by atoms with Crippen LogP contribution in [0.25, 0.3) is 0 Å². The Kier molecular flexibility index (Phi) is 6.97. The van der Waals surface area contributed by atoms with Gasteiger partial charge in [-0.15, -0.1) is 0 Å². The Hall–Kier alpha value is -3.74. The minimum atomic E-state index is -0.644. The standard InChI is InChI=1S/C24H25NO6/c1-15-12-21(26)23(28)24(31-15)20(17-6-10-19(30-3)11-7-17)13-22(27)25-14-16-4-8-18(29-2)9-5-16/h4-12,20,28H,13-14H2,1-3H3,(H,25,27). The van der Waals surface area contributed by atoms with Crippen LogP contribution in [-0.4, -0.2) is 25.2 Å². The first-order valence-electron chi connectivity index (χ1n) is 9.78. The molecule has 162 valence electrons. The van der Waals surface area contributed by atoms with Crippen molar-refractivity contribution in [1.29, 1.82) is 0 Å². The summed E-state index contributed by atoms with van der Waals surface area (Å²) in [6.07, 6.45) is -0.0115. The van der Waals surface area contributed by atoms with Crippen LogP contribution < -0.4 is 20.2 Å². The molecule has 0 aliphatic heterocycles. The van der Waals surface area contributed by atoms with E-state index in [1.807, 2.05) is 24.3 Å². The monoisotopic (exact) mass is 423 g/mol. The van der Waals surface area contributed by atoms with Gasteiger partial charge >= 0.3 is 0 Å². The predicted molar refractivity (Wildman–Crippen MR) is 116 cm³/mol. The third-order valence-corrected chi connectivity index (χ3v) is 4.95. The summed E-state index contributed by atoms with van der Waals surface area (Å²) in [6, 6.07) is 15.7. The molecule has 1 atom stereocenters. The maximum absolute atomic E-state index is 12.7. The molecule has 1 aromatic heterocycles. The quantitative estimate of drug-likeness (QED) is 0.575. The molecule has 2 aromatic carbocycles. The number of rotatable bonds is 8. The molecule has 31 heavy (non-hydrogen) atoms. The highest BCUT2D eigenvalue weighted by Crippen LogP contribution is 2.33. The van der Waals surface area contributed by atoms with Crippen molar-refractivity contribution < 1.29 is 23.8 Å².